The zero-order valence-corrected chi connectivity index (χ0v) is 13.6. The molecule has 0 aliphatic heterocycles. The van der Waals surface area contributed by atoms with E-state index in [0.29, 0.717) is 11.1 Å². The van der Waals surface area contributed by atoms with E-state index < -0.39 is 18.0 Å². The van der Waals surface area contributed by atoms with Gasteiger partial charge in [0.2, 0.25) is 5.91 Å². The number of amides is 2. The summed E-state index contributed by atoms with van der Waals surface area (Å²) >= 11 is 0. The van der Waals surface area contributed by atoms with E-state index in [4.69, 9.17) is 0 Å². The molecule has 0 saturated carbocycles. The summed E-state index contributed by atoms with van der Waals surface area (Å²) in [5.41, 5.74) is 1.01. The van der Waals surface area contributed by atoms with Crippen LogP contribution in [0.15, 0.2) is 54.6 Å². The van der Waals surface area contributed by atoms with Gasteiger partial charge in [-0.05, 0) is 35.9 Å². The molecule has 0 heterocycles. The Balaban J connectivity index is 2.05. The SMILES string of the molecule is CNC(=O)c1ccc(/C=C/C(=O)Nc2ccccc2OC(F)(F)F)cc1. The molecular weight excluding hydrogens is 349 g/mol. The maximum Gasteiger partial charge on any atom is 0.573 e. The van der Waals surface area contributed by atoms with Gasteiger partial charge in [-0.15, -0.1) is 13.2 Å². The Kier molecular flexibility index (Phi) is 6.00. The van der Waals surface area contributed by atoms with E-state index >= 15 is 0 Å². The smallest absolute Gasteiger partial charge is 0.404 e. The van der Waals surface area contributed by atoms with E-state index in [-0.39, 0.29) is 11.6 Å². The molecule has 0 aromatic heterocycles. The minimum Gasteiger partial charge on any atom is -0.404 e. The molecule has 2 aromatic rings. The van der Waals surface area contributed by atoms with Gasteiger partial charge in [0, 0.05) is 18.7 Å². The van der Waals surface area contributed by atoms with Gasteiger partial charge >= 0.3 is 6.36 Å². The summed E-state index contributed by atoms with van der Waals surface area (Å²) in [5, 5.41) is 4.81. The number of ether oxygens (including phenoxy) is 1. The topological polar surface area (TPSA) is 67.4 Å². The second-order valence-corrected chi connectivity index (χ2v) is 5.07. The number of alkyl halides is 3. The molecule has 2 N–H and O–H groups in total. The number of rotatable bonds is 5. The Bertz CT molecular complexity index is 815. The van der Waals surface area contributed by atoms with Crippen LogP contribution < -0.4 is 15.4 Å². The number of benzene rings is 2. The quantitative estimate of drug-likeness (QED) is 0.797. The van der Waals surface area contributed by atoms with Gasteiger partial charge in [0.1, 0.15) is 0 Å². The molecule has 8 heteroatoms. The lowest BCUT2D eigenvalue weighted by Gasteiger charge is -2.13. The van der Waals surface area contributed by atoms with Crippen molar-refractivity contribution in [2.24, 2.45) is 0 Å². The van der Waals surface area contributed by atoms with Crippen LogP contribution in [0.3, 0.4) is 0 Å². The second kappa shape index (κ2) is 8.19. The fourth-order valence-electron chi connectivity index (χ4n) is 2.02. The van der Waals surface area contributed by atoms with Crippen molar-refractivity contribution >= 4 is 23.6 Å². The van der Waals surface area contributed by atoms with Crippen LogP contribution in [0, 0.1) is 0 Å². The number of hydrogen-bond acceptors (Lipinski definition) is 3. The van der Waals surface area contributed by atoms with E-state index in [1.807, 2.05) is 0 Å². The maximum absolute atomic E-state index is 12.4. The average molecular weight is 364 g/mol. The highest BCUT2D eigenvalue weighted by atomic mass is 19.4. The number of halogens is 3. The predicted octanol–water partition coefficient (Wildman–Crippen LogP) is 3.60. The van der Waals surface area contributed by atoms with Crippen molar-refractivity contribution < 1.29 is 27.5 Å². The molecule has 2 amide bonds. The number of para-hydroxylation sites is 2. The first-order chi connectivity index (χ1) is 12.3. The summed E-state index contributed by atoms with van der Waals surface area (Å²) in [6, 6.07) is 11.7. The van der Waals surface area contributed by atoms with E-state index in [2.05, 4.69) is 15.4 Å². The molecule has 0 atom stereocenters. The third-order valence-corrected chi connectivity index (χ3v) is 3.20. The van der Waals surface area contributed by atoms with E-state index in [9.17, 15) is 22.8 Å². The summed E-state index contributed by atoms with van der Waals surface area (Å²) in [4.78, 5) is 23.4. The minimum atomic E-state index is -4.86. The normalized spacial score (nSPS) is 11.2. The molecule has 0 radical (unpaired) electrons. The minimum absolute atomic E-state index is 0.102. The predicted molar refractivity (Wildman–Crippen MR) is 90.6 cm³/mol. The molecule has 2 aromatic carbocycles. The van der Waals surface area contributed by atoms with Gasteiger partial charge < -0.3 is 15.4 Å². The molecule has 0 bridgehead atoms. The van der Waals surface area contributed by atoms with Crippen LogP contribution in [0.5, 0.6) is 5.75 Å². The summed E-state index contributed by atoms with van der Waals surface area (Å²) in [6.07, 6.45) is -2.22. The summed E-state index contributed by atoms with van der Waals surface area (Å²) in [7, 11) is 1.51. The highest BCUT2D eigenvalue weighted by molar-refractivity contribution is 6.02. The van der Waals surface area contributed by atoms with Crippen molar-refractivity contribution in [1.29, 1.82) is 0 Å². The first kappa shape index (κ1) is 19.0. The zero-order chi connectivity index (χ0) is 19.2. The first-order valence-corrected chi connectivity index (χ1v) is 7.44. The van der Waals surface area contributed by atoms with E-state index in [1.165, 1.54) is 37.4 Å². The van der Waals surface area contributed by atoms with E-state index in [1.54, 1.807) is 24.3 Å². The Labute approximate surface area is 147 Å². The van der Waals surface area contributed by atoms with Crippen LogP contribution in [0.1, 0.15) is 15.9 Å². The van der Waals surface area contributed by atoms with Crippen molar-refractivity contribution in [3.8, 4) is 5.75 Å². The van der Waals surface area contributed by atoms with Crippen molar-refractivity contribution in [3.05, 3.63) is 65.7 Å². The van der Waals surface area contributed by atoms with Crippen LogP contribution in [0.4, 0.5) is 18.9 Å². The molecule has 2 rings (SSSR count). The Morgan fingerprint density at radius 2 is 1.69 bits per heavy atom. The van der Waals surface area contributed by atoms with Gasteiger partial charge in [0.25, 0.3) is 5.91 Å². The number of hydrogen-bond donors (Lipinski definition) is 2. The van der Waals surface area contributed by atoms with Crippen LogP contribution in [0.25, 0.3) is 6.08 Å². The molecule has 5 nitrogen and oxygen atoms in total. The number of carbonyl (C=O) groups excluding carboxylic acids is 2. The lowest BCUT2D eigenvalue weighted by atomic mass is 10.1. The molecule has 0 saturated heterocycles. The lowest BCUT2D eigenvalue weighted by Crippen LogP contribution is -2.19. The number of anilines is 1. The standard InChI is InChI=1S/C18H15F3N2O3/c1-22-17(25)13-9-6-12(7-10-13)8-11-16(24)23-14-4-2-3-5-15(14)26-18(19,20)21/h2-11H,1H3,(H,22,25)(H,23,24)/b11-8+. The molecule has 0 aliphatic carbocycles. The maximum atomic E-state index is 12.4. The van der Waals surface area contributed by atoms with Gasteiger partial charge in [-0.3, -0.25) is 9.59 Å². The molecule has 136 valence electrons. The molecule has 26 heavy (non-hydrogen) atoms. The van der Waals surface area contributed by atoms with Crippen molar-refractivity contribution in [3.63, 3.8) is 0 Å². The summed E-state index contributed by atoms with van der Waals surface area (Å²) in [5.74, 6) is -1.37. The highest BCUT2D eigenvalue weighted by Gasteiger charge is 2.32. The average Bonchev–Trinajstić information content (AvgIpc) is 2.60. The van der Waals surface area contributed by atoms with Crippen LogP contribution >= 0.6 is 0 Å². The number of nitrogens with one attached hydrogen (secondary N) is 2. The fraction of sp³-hybridized carbons (Fsp3) is 0.111. The monoisotopic (exact) mass is 364 g/mol. The zero-order valence-electron chi connectivity index (χ0n) is 13.6. The third-order valence-electron chi connectivity index (χ3n) is 3.20. The van der Waals surface area contributed by atoms with Crippen molar-refractivity contribution in [2.45, 2.75) is 6.36 Å². The Morgan fingerprint density at radius 1 is 1.04 bits per heavy atom. The first-order valence-electron chi connectivity index (χ1n) is 7.44. The number of carbonyl (C=O) groups is 2. The third kappa shape index (κ3) is 5.66. The molecule has 0 spiro atoms. The van der Waals surface area contributed by atoms with Crippen LogP contribution in [-0.4, -0.2) is 25.2 Å². The van der Waals surface area contributed by atoms with Gasteiger partial charge in [0.05, 0.1) is 5.69 Å². The van der Waals surface area contributed by atoms with Crippen molar-refractivity contribution in [2.75, 3.05) is 12.4 Å². The molecule has 0 fully saturated rings. The van der Waals surface area contributed by atoms with Gasteiger partial charge in [-0.2, -0.15) is 0 Å². The van der Waals surface area contributed by atoms with Crippen molar-refractivity contribution in [1.82, 2.24) is 5.32 Å². The molecular formula is C18H15F3N2O3. The summed E-state index contributed by atoms with van der Waals surface area (Å²) in [6.45, 7) is 0. The lowest BCUT2D eigenvalue weighted by molar-refractivity contribution is -0.274. The Hall–Kier alpha value is -3.29. The van der Waals surface area contributed by atoms with Gasteiger partial charge in [-0.1, -0.05) is 24.3 Å². The van der Waals surface area contributed by atoms with Gasteiger partial charge in [0.15, 0.2) is 5.75 Å². The summed E-state index contributed by atoms with van der Waals surface area (Å²) < 4.78 is 41.0. The molecule has 0 unspecified atom stereocenters. The second-order valence-electron chi connectivity index (χ2n) is 5.07. The fourth-order valence-corrected chi connectivity index (χ4v) is 2.02. The Morgan fingerprint density at radius 3 is 2.31 bits per heavy atom. The highest BCUT2D eigenvalue weighted by Crippen LogP contribution is 2.29. The van der Waals surface area contributed by atoms with E-state index in [0.717, 1.165) is 6.07 Å². The van der Waals surface area contributed by atoms with Gasteiger partial charge in [-0.25, -0.2) is 0 Å². The van der Waals surface area contributed by atoms with Crippen LogP contribution in [-0.2, 0) is 4.79 Å². The molecule has 0 aliphatic rings. The largest absolute Gasteiger partial charge is 0.573 e. The van der Waals surface area contributed by atoms with Crippen LogP contribution in [0.2, 0.25) is 0 Å².